The number of carbonyl (C=O) groups excluding carboxylic acids is 1. The first kappa shape index (κ1) is 15.3. The van der Waals surface area contributed by atoms with Crippen molar-refractivity contribution >= 4 is 28.6 Å². The number of nitrogens with two attached hydrogens (primary N) is 1. The average molecular weight is 325 g/mol. The van der Waals surface area contributed by atoms with Gasteiger partial charge in [0, 0.05) is 0 Å². The SMILES string of the molecule is NC(=O)CSc1nc2ccccc2c(=O)n1Cc1ccccc1. The topological polar surface area (TPSA) is 78.0 Å². The smallest absolute Gasteiger partial charge is 0.262 e. The van der Waals surface area contributed by atoms with Crippen LogP contribution in [0.4, 0.5) is 0 Å². The molecule has 23 heavy (non-hydrogen) atoms. The fourth-order valence-electron chi connectivity index (χ4n) is 2.30. The molecule has 3 aromatic rings. The predicted octanol–water partition coefficient (Wildman–Crippen LogP) is 2.02. The standard InChI is InChI=1S/C17H15N3O2S/c18-15(21)11-23-17-19-14-9-5-4-8-13(14)16(22)20(17)10-12-6-2-1-3-7-12/h1-9H,10-11H2,(H2,18,21). The van der Waals surface area contributed by atoms with Crippen LogP contribution in [0.5, 0.6) is 0 Å². The molecule has 0 aliphatic carbocycles. The largest absolute Gasteiger partial charge is 0.369 e. The van der Waals surface area contributed by atoms with Crippen LogP contribution in [-0.4, -0.2) is 21.2 Å². The van der Waals surface area contributed by atoms with Crippen LogP contribution in [0, 0.1) is 0 Å². The lowest BCUT2D eigenvalue weighted by molar-refractivity contribution is -0.115. The number of aromatic nitrogens is 2. The van der Waals surface area contributed by atoms with E-state index in [0.29, 0.717) is 22.6 Å². The second-order valence-corrected chi connectivity index (χ2v) is 5.99. The third-order valence-corrected chi connectivity index (χ3v) is 4.35. The number of fused-ring (bicyclic) bond motifs is 1. The molecule has 0 saturated carbocycles. The van der Waals surface area contributed by atoms with Gasteiger partial charge in [-0.05, 0) is 17.7 Å². The van der Waals surface area contributed by atoms with Crippen LogP contribution < -0.4 is 11.3 Å². The third-order valence-electron chi connectivity index (χ3n) is 3.35. The molecule has 3 rings (SSSR count). The van der Waals surface area contributed by atoms with E-state index in [4.69, 9.17) is 5.73 Å². The lowest BCUT2D eigenvalue weighted by Gasteiger charge is -2.12. The van der Waals surface area contributed by atoms with Crippen LogP contribution in [0.25, 0.3) is 10.9 Å². The number of hydrogen-bond donors (Lipinski definition) is 1. The van der Waals surface area contributed by atoms with Crippen LogP contribution in [0.3, 0.4) is 0 Å². The van der Waals surface area contributed by atoms with Gasteiger partial charge in [0.05, 0.1) is 23.2 Å². The van der Waals surface area contributed by atoms with E-state index >= 15 is 0 Å². The summed E-state index contributed by atoms with van der Waals surface area (Å²) in [6, 6.07) is 16.9. The highest BCUT2D eigenvalue weighted by Crippen LogP contribution is 2.18. The molecule has 5 nitrogen and oxygen atoms in total. The van der Waals surface area contributed by atoms with Gasteiger partial charge in [-0.3, -0.25) is 14.2 Å². The number of benzene rings is 2. The van der Waals surface area contributed by atoms with Crippen molar-refractivity contribution in [3.8, 4) is 0 Å². The van der Waals surface area contributed by atoms with Gasteiger partial charge in [0.15, 0.2) is 5.16 Å². The molecule has 0 fully saturated rings. The summed E-state index contributed by atoms with van der Waals surface area (Å²) < 4.78 is 1.59. The van der Waals surface area contributed by atoms with E-state index in [9.17, 15) is 9.59 Å². The lowest BCUT2D eigenvalue weighted by atomic mass is 10.2. The van der Waals surface area contributed by atoms with Gasteiger partial charge in [-0.1, -0.05) is 54.2 Å². The van der Waals surface area contributed by atoms with Crippen molar-refractivity contribution in [1.29, 1.82) is 0 Å². The molecule has 6 heteroatoms. The maximum atomic E-state index is 12.8. The van der Waals surface area contributed by atoms with Gasteiger partial charge in [0.2, 0.25) is 5.91 Å². The molecule has 0 unspecified atom stereocenters. The molecule has 0 saturated heterocycles. The van der Waals surface area contributed by atoms with Crippen LogP contribution in [0.15, 0.2) is 64.5 Å². The summed E-state index contributed by atoms with van der Waals surface area (Å²) in [6.07, 6.45) is 0. The van der Waals surface area contributed by atoms with Crippen molar-refractivity contribution in [3.05, 3.63) is 70.5 Å². The Morgan fingerprint density at radius 3 is 2.52 bits per heavy atom. The van der Waals surface area contributed by atoms with Crippen LogP contribution in [-0.2, 0) is 11.3 Å². The molecule has 1 amide bonds. The number of nitrogens with zero attached hydrogens (tertiary/aromatic N) is 2. The first-order chi connectivity index (χ1) is 11.1. The van der Waals surface area contributed by atoms with Gasteiger partial charge < -0.3 is 5.73 Å². The summed E-state index contributed by atoms with van der Waals surface area (Å²) in [6.45, 7) is 0.401. The summed E-state index contributed by atoms with van der Waals surface area (Å²) in [5.41, 5.74) is 6.71. The summed E-state index contributed by atoms with van der Waals surface area (Å²) in [4.78, 5) is 28.4. The molecule has 2 N–H and O–H groups in total. The van der Waals surface area contributed by atoms with E-state index in [2.05, 4.69) is 4.98 Å². The number of hydrogen-bond acceptors (Lipinski definition) is 4. The molecule has 0 radical (unpaired) electrons. The van der Waals surface area contributed by atoms with E-state index in [1.165, 1.54) is 11.8 Å². The molecule has 0 spiro atoms. The Hall–Kier alpha value is -2.60. The van der Waals surface area contributed by atoms with E-state index in [1.807, 2.05) is 42.5 Å². The van der Waals surface area contributed by atoms with Crippen molar-refractivity contribution in [3.63, 3.8) is 0 Å². The number of amides is 1. The zero-order valence-electron chi connectivity index (χ0n) is 12.3. The number of rotatable bonds is 5. The van der Waals surface area contributed by atoms with Crippen molar-refractivity contribution in [1.82, 2.24) is 9.55 Å². The number of para-hydroxylation sites is 1. The summed E-state index contributed by atoms with van der Waals surface area (Å²) in [5, 5.41) is 1.06. The second kappa shape index (κ2) is 6.66. The highest BCUT2D eigenvalue weighted by molar-refractivity contribution is 7.99. The zero-order chi connectivity index (χ0) is 16.2. The van der Waals surface area contributed by atoms with Gasteiger partial charge >= 0.3 is 0 Å². The maximum Gasteiger partial charge on any atom is 0.262 e. The second-order valence-electron chi connectivity index (χ2n) is 5.04. The minimum atomic E-state index is -0.441. The summed E-state index contributed by atoms with van der Waals surface area (Å²) in [5.74, 6) is -0.358. The Kier molecular flexibility index (Phi) is 4.43. The number of carbonyl (C=O) groups is 1. The van der Waals surface area contributed by atoms with Gasteiger partial charge in [-0.2, -0.15) is 0 Å². The molecule has 0 aliphatic heterocycles. The first-order valence-corrected chi connectivity index (χ1v) is 8.08. The minimum absolute atomic E-state index is 0.0829. The fraction of sp³-hybridized carbons (Fsp3) is 0.118. The Morgan fingerprint density at radius 1 is 1.09 bits per heavy atom. The summed E-state index contributed by atoms with van der Waals surface area (Å²) in [7, 11) is 0. The minimum Gasteiger partial charge on any atom is -0.369 e. The van der Waals surface area contributed by atoms with E-state index < -0.39 is 5.91 Å². The average Bonchev–Trinajstić information content (AvgIpc) is 2.57. The van der Waals surface area contributed by atoms with Crippen molar-refractivity contribution in [2.75, 3.05) is 5.75 Å². The fourth-order valence-corrected chi connectivity index (χ4v) is 3.04. The third kappa shape index (κ3) is 3.43. The molecular formula is C17H15N3O2S. The Bertz CT molecular complexity index is 907. The Balaban J connectivity index is 2.11. The van der Waals surface area contributed by atoms with E-state index in [-0.39, 0.29) is 11.3 Å². The first-order valence-electron chi connectivity index (χ1n) is 7.10. The van der Waals surface area contributed by atoms with Crippen LogP contribution in [0.2, 0.25) is 0 Å². The highest BCUT2D eigenvalue weighted by Gasteiger charge is 2.12. The molecule has 1 aromatic heterocycles. The van der Waals surface area contributed by atoms with Crippen molar-refractivity contribution in [2.45, 2.75) is 11.7 Å². The molecule has 1 heterocycles. The highest BCUT2D eigenvalue weighted by atomic mass is 32.2. The van der Waals surface area contributed by atoms with Crippen LogP contribution >= 0.6 is 11.8 Å². The molecule has 0 bridgehead atoms. The molecule has 2 aromatic carbocycles. The van der Waals surface area contributed by atoms with Gasteiger partial charge in [0.25, 0.3) is 5.56 Å². The number of primary amides is 1. The molecule has 0 aliphatic rings. The quantitative estimate of drug-likeness (QED) is 0.575. The van der Waals surface area contributed by atoms with Gasteiger partial charge in [-0.15, -0.1) is 0 Å². The summed E-state index contributed by atoms with van der Waals surface area (Å²) >= 11 is 1.18. The van der Waals surface area contributed by atoms with Crippen LogP contribution in [0.1, 0.15) is 5.56 Å². The zero-order valence-corrected chi connectivity index (χ0v) is 13.1. The Morgan fingerprint density at radius 2 is 1.78 bits per heavy atom. The normalized spacial score (nSPS) is 10.8. The Labute approximate surface area is 137 Å². The van der Waals surface area contributed by atoms with Gasteiger partial charge in [0.1, 0.15) is 0 Å². The van der Waals surface area contributed by atoms with Gasteiger partial charge in [-0.25, -0.2) is 4.98 Å². The van der Waals surface area contributed by atoms with Crippen molar-refractivity contribution in [2.24, 2.45) is 5.73 Å². The maximum absolute atomic E-state index is 12.8. The predicted molar refractivity (Wildman–Crippen MR) is 91.5 cm³/mol. The monoisotopic (exact) mass is 325 g/mol. The molecule has 116 valence electrons. The molecular weight excluding hydrogens is 310 g/mol. The number of thioether (sulfide) groups is 1. The van der Waals surface area contributed by atoms with Crippen molar-refractivity contribution < 1.29 is 4.79 Å². The van der Waals surface area contributed by atoms with E-state index in [1.54, 1.807) is 16.7 Å². The lowest BCUT2D eigenvalue weighted by Crippen LogP contribution is -2.24. The molecule has 0 atom stereocenters. The van der Waals surface area contributed by atoms with E-state index in [0.717, 1.165) is 5.56 Å².